The van der Waals surface area contributed by atoms with Gasteiger partial charge in [-0.05, 0) is 6.92 Å². The number of carbonyl (C=O) groups is 5. The zero-order valence-corrected chi connectivity index (χ0v) is 20.3. The number of ketones is 1. The van der Waals surface area contributed by atoms with Crippen molar-refractivity contribution >= 4 is 57.8 Å². The molecule has 0 spiro atoms. The standard InChI is InChI=1S/C17H18N4O7S2.Na/c1-7(22)2-11(24)28-4-8-5-29-15-12(14(25)21(15)13(8)16(26)27)20-10(23)3-9-6-30-17(18)19-9;/h6,12,15H,2-5H2,1H3,(H2,18,19)(H,20,23)(H,26,27);/q;+1/p-1/t12-,15-;/m1./s1. The first-order valence-electron chi connectivity index (χ1n) is 8.69. The molecule has 1 aromatic rings. The predicted octanol–water partition coefficient (Wildman–Crippen LogP) is -4.80. The van der Waals surface area contributed by atoms with Crippen molar-refractivity contribution in [2.24, 2.45) is 0 Å². The summed E-state index contributed by atoms with van der Waals surface area (Å²) in [5.74, 6) is -3.66. The van der Waals surface area contributed by atoms with Crippen molar-refractivity contribution in [3.05, 3.63) is 22.3 Å². The minimum atomic E-state index is -1.59. The van der Waals surface area contributed by atoms with Crippen LogP contribution in [0.5, 0.6) is 0 Å². The molecule has 1 saturated heterocycles. The van der Waals surface area contributed by atoms with E-state index in [1.54, 1.807) is 5.38 Å². The molecule has 0 aromatic carbocycles. The molecular weight excluding hydrogens is 459 g/mol. The van der Waals surface area contributed by atoms with Gasteiger partial charge in [0.1, 0.15) is 30.2 Å². The van der Waals surface area contributed by atoms with Gasteiger partial charge in [0.2, 0.25) is 5.91 Å². The van der Waals surface area contributed by atoms with Gasteiger partial charge in [0.05, 0.1) is 23.8 Å². The van der Waals surface area contributed by atoms with E-state index in [9.17, 15) is 29.1 Å². The van der Waals surface area contributed by atoms with Crippen molar-refractivity contribution in [3.63, 3.8) is 0 Å². The maximum atomic E-state index is 12.5. The van der Waals surface area contributed by atoms with Gasteiger partial charge in [-0.3, -0.25) is 24.1 Å². The topological polar surface area (TPSA) is 172 Å². The maximum Gasteiger partial charge on any atom is 1.00 e. The molecule has 0 unspecified atom stereocenters. The second kappa shape index (κ2) is 10.6. The molecule has 0 aliphatic carbocycles. The number of hydrogen-bond donors (Lipinski definition) is 2. The minimum absolute atomic E-state index is 0. The summed E-state index contributed by atoms with van der Waals surface area (Å²) >= 11 is 2.41. The number of fused-ring (bicyclic) bond motifs is 1. The smallest absolute Gasteiger partial charge is 0.543 e. The second-order valence-electron chi connectivity index (χ2n) is 6.59. The molecule has 2 amide bonds. The number of nitrogens with one attached hydrogen (secondary N) is 1. The van der Waals surface area contributed by atoms with E-state index in [2.05, 4.69) is 10.3 Å². The monoisotopic (exact) mass is 476 g/mol. The molecule has 3 heterocycles. The van der Waals surface area contributed by atoms with E-state index in [1.807, 2.05) is 0 Å². The van der Waals surface area contributed by atoms with Crippen LogP contribution in [-0.4, -0.2) is 63.2 Å². The van der Waals surface area contributed by atoms with Crippen molar-refractivity contribution in [1.82, 2.24) is 15.2 Å². The number of aromatic nitrogens is 1. The van der Waals surface area contributed by atoms with Crippen LogP contribution < -0.4 is 45.7 Å². The Bertz CT molecular complexity index is 964. The third kappa shape index (κ3) is 5.86. The van der Waals surface area contributed by atoms with Crippen LogP contribution in [0.25, 0.3) is 0 Å². The number of nitrogens with two attached hydrogens (primary N) is 1. The van der Waals surface area contributed by atoms with Crippen molar-refractivity contribution in [3.8, 4) is 0 Å². The first-order chi connectivity index (χ1) is 14.2. The molecule has 14 heteroatoms. The quantitative estimate of drug-likeness (QED) is 0.160. The summed E-state index contributed by atoms with van der Waals surface area (Å²) in [7, 11) is 0. The van der Waals surface area contributed by atoms with Crippen LogP contribution >= 0.6 is 23.1 Å². The molecule has 3 N–H and O–H groups in total. The zero-order chi connectivity index (χ0) is 22.0. The number of rotatable bonds is 8. The van der Waals surface area contributed by atoms with Crippen LogP contribution in [0, 0.1) is 0 Å². The largest absolute Gasteiger partial charge is 1.00 e. The number of Topliss-reactive ketones (excluding diaryl/α,β-unsaturated/α-hetero) is 1. The van der Waals surface area contributed by atoms with Crippen LogP contribution in [0.3, 0.4) is 0 Å². The molecule has 1 aromatic heterocycles. The number of amides is 2. The molecular formula is C17H17N4NaO7S2. The number of anilines is 1. The molecule has 0 radical (unpaired) electrons. The van der Waals surface area contributed by atoms with Crippen molar-refractivity contribution < 1.29 is 63.4 Å². The summed E-state index contributed by atoms with van der Waals surface area (Å²) in [6, 6.07) is -0.894. The van der Waals surface area contributed by atoms with Gasteiger partial charge in [0, 0.05) is 16.7 Å². The van der Waals surface area contributed by atoms with E-state index in [4.69, 9.17) is 10.5 Å². The van der Waals surface area contributed by atoms with Crippen LogP contribution in [0.2, 0.25) is 0 Å². The van der Waals surface area contributed by atoms with Gasteiger partial charge in [-0.1, -0.05) is 0 Å². The fourth-order valence-corrected chi connectivity index (χ4v) is 4.89. The summed E-state index contributed by atoms with van der Waals surface area (Å²) in [4.78, 5) is 63.8. The molecule has 160 valence electrons. The SMILES string of the molecule is CC(=O)CC(=O)OCC1=C(C(=O)[O-])N2C(=O)[C@@H](NC(=O)Cc3csc(N)n3)[C@H]2SC1.[Na+]. The summed E-state index contributed by atoms with van der Waals surface area (Å²) in [6.45, 7) is 0.853. The third-order valence-corrected chi connectivity index (χ3v) is 6.33. The fraction of sp³-hybridized carbons (Fsp3) is 0.412. The Morgan fingerprint density at radius 3 is 2.68 bits per heavy atom. The number of ether oxygens (including phenoxy) is 1. The Hall–Kier alpha value is -1.93. The summed E-state index contributed by atoms with van der Waals surface area (Å²) in [6.07, 6.45) is -0.486. The van der Waals surface area contributed by atoms with Crippen LogP contribution in [-0.2, 0) is 35.1 Å². The third-order valence-electron chi connectivity index (χ3n) is 4.27. The van der Waals surface area contributed by atoms with Gasteiger partial charge in [-0.15, -0.1) is 23.1 Å². The van der Waals surface area contributed by atoms with Gasteiger partial charge in [0.25, 0.3) is 5.91 Å². The number of esters is 1. The fourth-order valence-electron chi connectivity index (χ4n) is 3.00. The van der Waals surface area contributed by atoms with E-state index < -0.39 is 41.6 Å². The Balaban J connectivity index is 0.00000341. The molecule has 11 nitrogen and oxygen atoms in total. The van der Waals surface area contributed by atoms with Gasteiger partial charge in [-0.2, -0.15) is 0 Å². The van der Waals surface area contributed by atoms with Crippen LogP contribution in [0.1, 0.15) is 19.0 Å². The van der Waals surface area contributed by atoms with E-state index in [0.717, 1.165) is 4.90 Å². The molecule has 0 bridgehead atoms. The summed E-state index contributed by atoms with van der Waals surface area (Å²) < 4.78 is 4.93. The first kappa shape index (κ1) is 25.3. The van der Waals surface area contributed by atoms with E-state index in [-0.39, 0.29) is 65.4 Å². The number of β-lactam (4-membered cyclic amide) rings is 1. The molecule has 1 fully saturated rings. The molecule has 2 aliphatic heterocycles. The zero-order valence-electron chi connectivity index (χ0n) is 16.7. The summed E-state index contributed by atoms with van der Waals surface area (Å²) in [5.41, 5.74) is 5.80. The first-order valence-corrected chi connectivity index (χ1v) is 10.6. The van der Waals surface area contributed by atoms with Crippen LogP contribution in [0.15, 0.2) is 16.7 Å². The average Bonchev–Trinajstić information content (AvgIpc) is 3.07. The molecule has 31 heavy (non-hydrogen) atoms. The van der Waals surface area contributed by atoms with Gasteiger partial charge < -0.3 is 25.7 Å². The number of carboxylic acids is 1. The molecule has 2 aliphatic rings. The van der Waals surface area contributed by atoms with Crippen molar-refractivity contribution in [2.45, 2.75) is 31.2 Å². The normalized spacial score (nSPS) is 19.6. The Kier molecular flexibility index (Phi) is 8.65. The van der Waals surface area contributed by atoms with Gasteiger partial charge in [0.15, 0.2) is 5.13 Å². The number of hydrogen-bond acceptors (Lipinski definition) is 11. The van der Waals surface area contributed by atoms with Crippen molar-refractivity contribution in [1.29, 1.82) is 0 Å². The number of carbonyl (C=O) groups excluding carboxylic acids is 5. The average molecular weight is 476 g/mol. The predicted molar refractivity (Wildman–Crippen MR) is 104 cm³/mol. The van der Waals surface area contributed by atoms with Gasteiger partial charge >= 0.3 is 35.5 Å². The number of carboxylic acid groups (broad SMARTS) is 1. The van der Waals surface area contributed by atoms with E-state index in [0.29, 0.717) is 10.8 Å². The Labute approximate surface area is 207 Å². The molecule has 2 atom stereocenters. The maximum absolute atomic E-state index is 12.5. The molecule has 3 rings (SSSR count). The number of thiazole rings is 1. The number of nitrogen functional groups attached to an aromatic ring is 1. The number of nitrogens with zero attached hydrogens (tertiary/aromatic N) is 2. The van der Waals surface area contributed by atoms with Crippen LogP contribution in [0.4, 0.5) is 5.13 Å². The molecule has 0 saturated carbocycles. The Morgan fingerprint density at radius 2 is 2.10 bits per heavy atom. The number of aliphatic carboxylic acids is 1. The Morgan fingerprint density at radius 1 is 1.39 bits per heavy atom. The van der Waals surface area contributed by atoms with Gasteiger partial charge in [-0.25, -0.2) is 4.98 Å². The summed E-state index contributed by atoms with van der Waals surface area (Å²) in [5, 5.41) is 15.5. The van der Waals surface area contributed by atoms with Crippen molar-refractivity contribution in [2.75, 3.05) is 18.1 Å². The minimum Gasteiger partial charge on any atom is -0.543 e. The van der Waals surface area contributed by atoms with E-state index in [1.165, 1.54) is 30.0 Å². The second-order valence-corrected chi connectivity index (χ2v) is 8.58. The van der Waals surface area contributed by atoms with E-state index >= 15 is 0 Å². The number of thioether (sulfide) groups is 1.